The van der Waals surface area contributed by atoms with E-state index in [2.05, 4.69) is 24.1 Å². The van der Waals surface area contributed by atoms with Gasteiger partial charge in [-0.1, -0.05) is 27.7 Å². The molecular weight excluding hydrogens is 200 g/mol. The number of amides is 1. The smallest absolute Gasteiger partial charge is 0.226 e. The van der Waals surface area contributed by atoms with Crippen molar-refractivity contribution in [2.24, 2.45) is 5.92 Å². The topological polar surface area (TPSA) is 42.0 Å². The van der Waals surface area contributed by atoms with Crippen LogP contribution in [0.1, 0.15) is 44.7 Å². The molecule has 1 amide bonds. The van der Waals surface area contributed by atoms with Gasteiger partial charge >= 0.3 is 0 Å². The van der Waals surface area contributed by atoms with E-state index in [-0.39, 0.29) is 11.8 Å². The highest BCUT2D eigenvalue weighted by molar-refractivity contribution is 5.92. The molecular formula is C13H20N2O. The highest BCUT2D eigenvalue weighted by Crippen LogP contribution is 2.24. The van der Waals surface area contributed by atoms with Crippen LogP contribution in [-0.4, -0.2) is 10.9 Å². The predicted molar refractivity (Wildman–Crippen MR) is 66.5 cm³/mol. The summed E-state index contributed by atoms with van der Waals surface area (Å²) in [6, 6.07) is 0. The molecule has 0 bridgehead atoms. The molecule has 3 nitrogen and oxygen atoms in total. The highest BCUT2D eigenvalue weighted by atomic mass is 16.1. The molecule has 1 heterocycles. The van der Waals surface area contributed by atoms with Crippen LogP contribution in [0.4, 0.5) is 5.69 Å². The second-order valence-corrected chi connectivity index (χ2v) is 4.70. The summed E-state index contributed by atoms with van der Waals surface area (Å²) in [5, 5.41) is 2.90. The van der Waals surface area contributed by atoms with Crippen molar-refractivity contribution in [3.8, 4) is 0 Å². The van der Waals surface area contributed by atoms with Crippen LogP contribution in [0, 0.1) is 12.8 Å². The minimum Gasteiger partial charge on any atom is -0.324 e. The third-order valence-corrected chi connectivity index (χ3v) is 2.66. The van der Waals surface area contributed by atoms with Gasteiger partial charge in [0.05, 0.1) is 11.9 Å². The van der Waals surface area contributed by atoms with Crippen molar-refractivity contribution in [2.45, 2.75) is 40.5 Å². The summed E-state index contributed by atoms with van der Waals surface area (Å²) in [4.78, 5) is 15.8. The van der Waals surface area contributed by atoms with Gasteiger partial charge in [0.2, 0.25) is 5.91 Å². The van der Waals surface area contributed by atoms with Gasteiger partial charge in [0.25, 0.3) is 0 Å². The zero-order valence-corrected chi connectivity index (χ0v) is 10.7. The van der Waals surface area contributed by atoms with Crippen LogP contribution in [-0.2, 0) is 4.79 Å². The molecule has 0 aromatic carbocycles. The lowest BCUT2D eigenvalue weighted by molar-refractivity contribution is -0.118. The summed E-state index contributed by atoms with van der Waals surface area (Å²) >= 11 is 0. The Hall–Kier alpha value is -1.38. The summed E-state index contributed by atoms with van der Waals surface area (Å²) in [7, 11) is 0. The lowest BCUT2D eigenvalue weighted by Crippen LogP contribution is -2.19. The Balaban J connectivity index is 2.98. The molecule has 0 atom stereocenters. The number of hydrogen-bond acceptors (Lipinski definition) is 2. The molecule has 0 spiro atoms. The molecule has 3 heteroatoms. The molecule has 16 heavy (non-hydrogen) atoms. The van der Waals surface area contributed by atoms with E-state index in [4.69, 9.17) is 0 Å². The predicted octanol–water partition coefficient (Wildman–Crippen LogP) is 3.11. The lowest BCUT2D eigenvalue weighted by Gasteiger charge is -2.14. The SMILES string of the molecule is Cc1c(NC(=O)C(C)C)cncc1C(C)C. The van der Waals surface area contributed by atoms with Crippen molar-refractivity contribution in [2.75, 3.05) is 5.32 Å². The zero-order valence-electron chi connectivity index (χ0n) is 10.7. The third kappa shape index (κ3) is 2.81. The van der Waals surface area contributed by atoms with Gasteiger partial charge in [0.1, 0.15) is 0 Å². The molecule has 0 saturated carbocycles. The Labute approximate surface area is 97.3 Å². The summed E-state index contributed by atoms with van der Waals surface area (Å²) in [5.41, 5.74) is 3.12. The maximum Gasteiger partial charge on any atom is 0.226 e. The van der Waals surface area contributed by atoms with Crippen LogP contribution in [0.3, 0.4) is 0 Å². The van der Waals surface area contributed by atoms with Crippen LogP contribution in [0.5, 0.6) is 0 Å². The fraction of sp³-hybridized carbons (Fsp3) is 0.538. The van der Waals surface area contributed by atoms with Gasteiger partial charge < -0.3 is 5.32 Å². The number of pyridine rings is 1. The maximum absolute atomic E-state index is 11.6. The molecule has 1 aromatic heterocycles. The van der Waals surface area contributed by atoms with Crippen LogP contribution in [0.15, 0.2) is 12.4 Å². The van der Waals surface area contributed by atoms with Gasteiger partial charge in [-0.15, -0.1) is 0 Å². The van der Waals surface area contributed by atoms with E-state index in [0.717, 1.165) is 11.3 Å². The number of aromatic nitrogens is 1. The molecule has 1 N–H and O–H groups in total. The second-order valence-electron chi connectivity index (χ2n) is 4.70. The molecule has 1 rings (SSSR count). The quantitative estimate of drug-likeness (QED) is 0.850. The molecule has 0 aliphatic heterocycles. The fourth-order valence-corrected chi connectivity index (χ4v) is 1.53. The van der Waals surface area contributed by atoms with Gasteiger partial charge in [-0.3, -0.25) is 9.78 Å². The Morgan fingerprint density at radius 2 is 1.88 bits per heavy atom. The van der Waals surface area contributed by atoms with Gasteiger partial charge in [0.15, 0.2) is 0 Å². The standard InChI is InChI=1S/C13H20N2O/c1-8(2)11-6-14-7-12(10(11)5)15-13(16)9(3)4/h6-9H,1-5H3,(H,15,16). The first kappa shape index (κ1) is 12.7. The number of anilines is 1. The number of carbonyl (C=O) groups excluding carboxylic acids is 1. The van der Waals surface area contributed by atoms with Crippen molar-refractivity contribution in [1.82, 2.24) is 4.98 Å². The minimum absolute atomic E-state index is 0.0119. The first-order chi connectivity index (χ1) is 7.43. The highest BCUT2D eigenvalue weighted by Gasteiger charge is 2.12. The van der Waals surface area contributed by atoms with Crippen LogP contribution >= 0.6 is 0 Å². The Bertz CT molecular complexity index is 384. The first-order valence-corrected chi connectivity index (χ1v) is 5.68. The van der Waals surface area contributed by atoms with Gasteiger partial charge in [-0.2, -0.15) is 0 Å². The van der Waals surface area contributed by atoms with E-state index in [1.807, 2.05) is 27.0 Å². The number of rotatable bonds is 3. The largest absolute Gasteiger partial charge is 0.324 e. The number of nitrogens with one attached hydrogen (secondary N) is 1. The number of nitrogens with zero attached hydrogens (tertiary/aromatic N) is 1. The molecule has 0 aliphatic rings. The lowest BCUT2D eigenvalue weighted by atomic mass is 9.99. The fourth-order valence-electron chi connectivity index (χ4n) is 1.53. The summed E-state index contributed by atoms with van der Waals surface area (Å²) < 4.78 is 0. The van der Waals surface area contributed by atoms with Crippen LogP contribution in [0.2, 0.25) is 0 Å². The van der Waals surface area contributed by atoms with E-state index >= 15 is 0 Å². The summed E-state index contributed by atoms with van der Waals surface area (Å²) in [6.45, 7) is 10.0. The zero-order chi connectivity index (χ0) is 12.3. The van der Waals surface area contributed by atoms with E-state index < -0.39 is 0 Å². The van der Waals surface area contributed by atoms with Crippen LogP contribution in [0.25, 0.3) is 0 Å². The van der Waals surface area contributed by atoms with E-state index in [1.165, 1.54) is 5.56 Å². The average molecular weight is 220 g/mol. The molecule has 1 aromatic rings. The minimum atomic E-state index is -0.0119. The molecule has 88 valence electrons. The van der Waals surface area contributed by atoms with Crippen molar-refractivity contribution in [1.29, 1.82) is 0 Å². The van der Waals surface area contributed by atoms with Crippen molar-refractivity contribution in [3.63, 3.8) is 0 Å². The Morgan fingerprint density at radius 1 is 1.25 bits per heavy atom. The van der Waals surface area contributed by atoms with E-state index in [0.29, 0.717) is 5.92 Å². The van der Waals surface area contributed by atoms with Gasteiger partial charge in [-0.25, -0.2) is 0 Å². The first-order valence-electron chi connectivity index (χ1n) is 5.68. The van der Waals surface area contributed by atoms with Crippen molar-refractivity contribution in [3.05, 3.63) is 23.5 Å². The van der Waals surface area contributed by atoms with Crippen molar-refractivity contribution >= 4 is 11.6 Å². The van der Waals surface area contributed by atoms with Gasteiger partial charge in [-0.05, 0) is 24.0 Å². The molecule has 0 unspecified atom stereocenters. The third-order valence-electron chi connectivity index (χ3n) is 2.66. The van der Waals surface area contributed by atoms with Gasteiger partial charge in [0, 0.05) is 12.1 Å². The molecule has 0 aliphatic carbocycles. The molecule has 0 radical (unpaired) electrons. The van der Waals surface area contributed by atoms with Crippen molar-refractivity contribution < 1.29 is 4.79 Å². The maximum atomic E-state index is 11.6. The Kier molecular flexibility index (Phi) is 4.05. The average Bonchev–Trinajstić information content (AvgIpc) is 2.20. The Morgan fingerprint density at radius 3 is 2.38 bits per heavy atom. The monoisotopic (exact) mass is 220 g/mol. The normalized spacial score (nSPS) is 10.9. The number of carbonyl (C=O) groups is 1. The van der Waals surface area contributed by atoms with Crippen LogP contribution < -0.4 is 5.32 Å². The summed E-state index contributed by atoms with van der Waals surface area (Å²) in [5.74, 6) is 0.441. The van der Waals surface area contributed by atoms with E-state index in [1.54, 1.807) is 6.20 Å². The molecule has 0 saturated heterocycles. The van der Waals surface area contributed by atoms with E-state index in [9.17, 15) is 4.79 Å². The summed E-state index contributed by atoms with van der Waals surface area (Å²) in [6.07, 6.45) is 3.58. The molecule has 0 fully saturated rings. The number of hydrogen-bond donors (Lipinski definition) is 1. The second kappa shape index (κ2) is 5.10.